The van der Waals surface area contributed by atoms with Gasteiger partial charge in [0.05, 0.1) is 11.9 Å². The summed E-state index contributed by atoms with van der Waals surface area (Å²) in [6.45, 7) is 2.30. The van der Waals surface area contributed by atoms with Crippen LogP contribution in [0.3, 0.4) is 0 Å². The van der Waals surface area contributed by atoms with Gasteiger partial charge in [0.1, 0.15) is 5.69 Å². The van der Waals surface area contributed by atoms with E-state index >= 15 is 0 Å². The average molecular weight is 246 g/mol. The third-order valence-electron chi connectivity index (χ3n) is 4.21. The van der Waals surface area contributed by atoms with Crippen LogP contribution in [0.4, 0.5) is 5.69 Å². The second-order valence-corrected chi connectivity index (χ2v) is 5.24. The van der Waals surface area contributed by atoms with E-state index in [-0.39, 0.29) is 5.84 Å². The number of pyridine rings is 1. The normalized spacial score (nSPS) is 27.6. The smallest absolute Gasteiger partial charge is 0.188 e. The van der Waals surface area contributed by atoms with Crippen LogP contribution >= 0.6 is 0 Å². The molecule has 0 bridgehead atoms. The van der Waals surface area contributed by atoms with Crippen LogP contribution in [0.2, 0.25) is 0 Å². The fourth-order valence-electron chi connectivity index (χ4n) is 3.22. The van der Waals surface area contributed by atoms with E-state index in [4.69, 9.17) is 10.9 Å². The zero-order chi connectivity index (χ0) is 12.5. The Kier molecular flexibility index (Phi) is 2.81. The number of oxime groups is 1. The summed E-state index contributed by atoms with van der Waals surface area (Å²) in [7, 11) is 0. The lowest BCUT2D eigenvalue weighted by Crippen LogP contribution is -2.21. The Balaban J connectivity index is 1.74. The number of aromatic nitrogens is 1. The highest BCUT2D eigenvalue weighted by molar-refractivity contribution is 5.95. The Hall–Kier alpha value is -1.78. The Labute approximate surface area is 106 Å². The first kappa shape index (κ1) is 11.3. The molecule has 1 aliphatic carbocycles. The molecule has 5 nitrogen and oxygen atoms in total. The molecule has 2 fully saturated rings. The van der Waals surface area contributed by atoms with Crippen molar-refractivity contribution < 1.29 is 5.21 Å². The molecule has 3 N–H and O–H groups in total. The van der Waals surface area contributed by atoms with Crippen LogP contribution in [0.25, 0.3) is 0 Å². The highest BCUT2D eigenvalue weighted by Crippen LogP contribution is 2.39. The van der Waals surface area contributed by atoms with Crippen LogP contribution in [0.15, 0.2) is 23.5 Å². The zero-order valence-electron chi connectivity index (χ0n) is 10.3. The fraction of sp³-hybridized carbons (Fsp3) is 0.538. The van der Waals surface area contributed by atoms with Crippen molar-refractivity contribution in [3.05, 3.63) is 24.0 Å². The van der Waals surface area contributed by atoms with Gasteiger partial charge in [-0.1, -0.05) is 11.6 Å². The van der Waals surface area contributed by atoms with Gasteiger partial charge in [-0.2, -0.15) is 0 Å². The minimum absolute atomic E-state index is 0.0554. The summed E-state index contributed by atoms with van der Waals surface area (Å²) >= 11 is 0. The Morgan fingerprint density at radius 2 is 2.06 bits per heavy atom. The van der Waals surface area contributed by atoms with Crippen molar-refractivity contribution in [1.29, 1.82) is 0 Å². The zero-order valence-corrected chi connectivity index (χ0v) is 10.3. The second-order valence-electron chi connectivity index (χ2n) is 5.24. The number of anilines is 1. The maximum Gasteiger partial charge on any atom is 0.188 e. The van der Waals surface area contributed by atoms with Gasteiger partial charge in [-0.15, -0.1) is 0 Å². The fourth-order valence-corrected chi connectivity index (χ4v) is 3.22. The topological polar surface area (TPSA) is 74.7 Å². The molecule has 96 valence electrons. The minimum atomic E-state index is 0.0554. The van der Waals surface area contributed by atoms with Gasteiger partial charge < -0.3 is 15.8 Å². The maximum absolute atomic E-state index is 8.59. The van der Waals surface area contributed by atoms with Crippen LogP contribution in [-0.2, 0) is 0 Å². The predicted octanol–water partition coefficient (Wildman–Crippen LogP) is 1.41. The molecule has 1 saturated carbocycles. The standard InChI is InChI=1S/C13H18N4O/c14-13(16-18)12-5-4-11(6-15-12)17-7-9-2-1-3-10(9)8-17/h4-6,9-10,18H,1-3,7-8H2,(H2,14,16). The molecule has 2 unspecified atom stereocenters. The van der Waals surface area contributed by atoms with Crippen LogP contribution in [0.1, 0.15) is 25.0 Å². The van der Waals surface area contributed by atoms with Gasteiger partial charge in [-0.3, -0.25) is 4.98 Å². The lowest BCUT2D eigenvalue weighted by molar-refractivity contribution is 0.318. The Morgan fingerprint density at radius 3 is 2.61 bits per heavy atom. The maximum atomic E-state index is 8.59. The SMILES string of the molecule is N/C(=N/O)c1ccc(N2CC3CCCC3C2)cn1. The molecule has 0 radical (unpaired) electrons. The summed E-state index contributed by atoms with van der Waals surface area (Å²) in [5, 5.41) is 11.5. The first-order valence-electron chi connectivity index (χ1n) is 6.47. The van der Waals surface area contributed by atoms with Gasteiger partial charge >= 0.3 is 0 Å². The molecule has 0 aromatic carbocycles. The molecule has 0 amide bonds. The minimum Gasteiger partial charge on any atom is -0.409 e. The molecule has 1 aromatic rings. The number of fused-ring (bicyclic) bond motifs is 1. The summed E-state index contributed by atoms with van der Waals surface area (Å²) < 4.78 is 0. The van der Waals surface area contributed by atoms with E-state index in [0.717, 1.165) is 30.6 Å². The molecule has 5 heteroatoms. The Bertz CT molecular complexity index is 445. The second kappa shape index (κ2) is 4.48. The van der Waals surface area contributed by atoms with Crippen molar-refractivity contribution in [1.82, 2.24) is 4.98 Å². The number of hydrogen-bond donors (Lipinski definition) is 2. The Morgan fingerprint density at radius 1 is 1.33 bits per heavy atom. The monoisotopic (exact) mass is 246 g/mol. The molecule has 2 heterocycles. The summed E-state index contributed by atoms with van der Waals surface area (Å²) in [4.78, 5) is 6.63. The number of hydrogen-bond acceptors (Lipinski definition) is 4. The van der Waals surface area contributed by atoms with Gasteiger partial charge in [-0.05, 0) is 36.8 Å². The van der Waals surface area contributed by atoms with Gasteiger partial charge in [0.15, 0.2) is 5.84 Å². The van der Waals surface area contributed by atoms with Crippen LogP contribution in [0.5, 0.6) is 0 Å². The van der Waals surface area contributed by atoms with Crippen molar-refractivity contribution in [2.75, 3.05) is 18.0 Å². The molecule has 1 aromatic heterocycles. The van der Waals surface area contributed by atoms with E-state index in [1.807, 2.05) is 12.3 Å². The predicted molar refractivity (Wildman–Crippen MR) is 69.8 cm³/mol. The molecule has 2 atom stereocenters. The van der Waals surface area contributed by atoms with Crippen LogP contribution in [-0.4, -0.2) is 29.1 Å². The third kappa shape index (κ3) is 1.89. The molecule has 3 rings (SSSR count). The first-order chi connectivity index (χ1) is 8.78. The van der Waals surface area contributed by atoms with Crippen LogP contribution < -0.4 is 10.6 Å². The number of amidine groups is 1. The van der Waals surface area contributed by atoms with E-state index in [1.54, 1.807) is 6.07 Å². The molecule has 1 aliphatic heterocycles. The first-order valence-corrected chi connectivity index (χ1v) is 6.47. The number of rotatable bonds is 2. The highest BCUT2D eigenvalue weighted by atomic mass is 16.4. The van der Waals surface area contributed by atoms with E-state index in [2.05, 4.69) is 15.0 Å². The van der Waals surface area contributed by atoms with Crippen molar-refractivity contribution >= 4 is 11.5 Å². The van der Waals surface area contributed by atoms with Gasteiger partial charge in [0, 0.05) is 13.1 Å². The van der Waals surface area contributed by atoms with E-state index in [0.29, 0.717) is 5.69 Å². The van der Waals surface area contributed by atoms with Crippen molar-refractivity contribution in [2.45, 2.75) is 19.3 Å². The highest BCUT2D eigenvalue weighted by Gasteiger charge is 2.36. The van der Waals surface area contributed by atoms with Gasteiger partial charge in [-0.25, -0.2) is 0 Å². The van der Waals surface area contributed by atoms with Gasteiger partial charge in [0.2, 0.25) is 0 Å². The third-order valence-corrected chi connectivity index (χ3v) is 4.21. The van der Waals surface area contributed by atoms with Crippen LogP contribution in [0, 0.1) is 11.8 Å². The largest absolute Gasteiger partial charge is 0.409 e. The van der Waals surface area contributed by atoms with E-state index < -0.39 is 0 Å². The molecular weight excluding hydrogens is 228 g/mol. The number of nitrogens with two attached hydrogens (primary N) is 1. The quantitative estimate of drug-likeness (QED) is 0.358. The molecule has 2 aliphatic rings. The van der Waals surface area contributed by atoms with E-state index in [9.17, 15) is 0 Å². The van der Waals surface area contributed by atoms with Crippen molar-refractivity contribution in [3.63, 3.8) is 0 Å². The van der Waals surface area contributed by atoms with E-state index in [1.165, 1.54) is 19.3 Å². The lowest BCUT2D eigenvalue weighted by Gasteiger charge is -2.19. The molecular formula is C13H18N4O. The van der Waals surface area contributed by atoms with Crippen molar-refractivity contribution in [3.8, 4) is 0 Å². The molecule has 0 spiro atoms. The summed E-state index contributed by atoms with van der Waals surface area (Å²) in [5.41, 5.74) is 7.15. The average Bonchev–Trinajstić information content (AvgIpc) is 2.99. The summed E-state index contributed by atoms with van der Waals surface area (Å²) in [6, 6.07) is 3.81. The van der Waals surface area contributed by atoms with Crippen molar-refractivity contribution in [2.24, 2.45) is 22.7 Å². The molecule has 18 heavy (non-hydrogen) atoms. The summed E-state index contributed by atoms with van der Waals surface area (Å²) in [5.74, 6) is 1.79. The molecule has 1 saturated heterocycles. The summed E-state index contributed by atoms with van der Waals surface area (Å²) in [6.07, 6.45) is 5.95. The number of nitrogens with zero attached hydrogens (tertiary/aromatic N) is 3. The lowest BCUT2D eigenvalue weighted by atomic mass is 10.0. The van der Waals surface area contributed by atoms with Gasteiger partial charge in [0.25, 0.3) is 0 Å².